The van der Waals surface area contributed by atoms with Crippen molar-refractivity contribution in [3.63, 3.8) is 0 Å². The van der Waals surface area contributed by atoms with Crippen LogP contribution in [0.5, 0.6) is 0 Å². The van der Waals surface area contributed by atoms with Crippen LogP contribution in [0.25, 0.3) is 11.1 Å². The van der Waals surface area contributed by atoms with Gasteiger partial charge in [0.25, 0.3) is 0 Å². The van der Waals surface area contributed by atoms with E-state index in [1.54, 1.807) is 0 Å². The van der Waals surface area contributed by atoms with Gasteiger partial charge in [-0.25, -0.2) is 0 Å². The Hall–Kier alpha value is -1.41. The monoisotopic (exact) mass is 300 g/mol. The standard InChI is InChI=1S/C4H10N2O.Co.3HNO2/c5-1-2-6-3-4-7;;3*2-1-3/h5,7H,1-4H2;;3*(H,2,3)/q-2;+3;;;/p-2. The topological polar surface area (TPSA) is 213 Å². The van der Waals surface area contributed by atoms with Gasteiger partial charge in [0.15, 0.2) is 5.34 Å². The number of aliphatic hydroxyl groups is 1. The van der Waals surface area contributed by atoms with Gasteiger partial charge in [-0.15, -0.1) is 22.1 Å². The number of aliphatic hydroxyl groups excluding tert-OH is 1. The second-order valence-electron chi connectivity index (χ2n) is 1.38. The van der Waals surface area contributed by atoms with Crippen LogP contribution in [0.2, 0.25) is 0 Å². The van der Waals surface area contributed by atoms with Gasteiger partial charge in [0, 0.05) is 6.61 Å². The number of rotatable bonds is 4. The smallest absolute Gasteiger partial charge is 0.679 e. The van der Waals surface area contributed by atoms with Crippen LogP contribution in [-0.2, 0) is 16.8 Å². The van der Waals surface area contributed by atoms with Crippen LogP contribution in [0.3, 0.4) is 0 Å². The van der Waals surface area contributed by atoms with E-state index in [1.807, 2.05) is 0 Å². The summed E-state index contributed by atoms with van der Waals surface area (Å²) in [7, 11) is 0. The minimum atomic E-state index is 0. The summed E-state index contributed by atoms with van der Waals surface area (Å²) >= 11 is 0. The van der Waals surface area contributed by atoms with Crippen molar-refractivity contribution in [1.82, 2.24) is 0 Å². The Balaban J connectivity index is -0.0000000411. The number of nitrogens with zero attached hydrogens (tertiary/aromatic N) is 4. The largest absolute Gasteiger partial charge is 3.00 e. The Bertz CT molecular complexity index is 113. The Morgan fingerprint density at radius 1 is 1.12 bits per heavy atom. The van der Waals surface area contributed by atoms with Gasteiger partial charge in [-0.2, -0.15) is 13.1 Å². The van der Waals surface area contributed by atoms with E-state index in [-0.39, 0.29) is 23.4 Å². The summed E-state index contributed by atoms with van der Waals surface area (Å²) < 4.78 is 0. The first-order valence-corrected chi connectivity index (χ1v) is 3.42. The van der Waals surface area contributed by atoms with Crippen LogP contribution < -0.4 is 0 Å². The van der Waals surface area contributed by atoms with Gasteiger partial charge < -0.3 is 41.6 Å². The fourth-order valence-corrected chi connectivity index (χ4v) is 0.262. The summed E-state index contributed by atoms with van der Waals surface area (Å²) in [5, 5.41) is 37.8. The molecule has 0 atom stereocenters. The predicted molar refractivity (Wildman–Crippen MR) is 55.3 cm³/mol. The SMILES string of the molecule is O=NO.O=N[O-].O=N[O-].[Co+3].[NH-]CC[N-]CCO. The molecule has 0 unspecified atom stereocenters. The van der Waals surface area contributed by atoms with Crippen LogP contribution in [0.15, 0.2) is 16.0 Å². The van der Waals surface area contributed by atoms with E-state index in [2.05, 4.69) is 5.32 Å². The molecule has 0 rings (SSSR count). The molecule has 0 aliphatic heterocycles. The zero-order valence-corrected chi connectivity index (χ0v) is 9.43. The average molecular weight is 300 g/mol. The molecule has 0 radical (unpaired) electrons. The first kappa shape index (κ1) is 29.6. The van der Waals surface area contributed by atoms with E-state index in [9.17, 15) is 0 Å². The number of hydrogen-bond acceptors (Lipinski definition) is 9. The van der Waals surface area contributed by atoms with Gasteiger partial charge in [-0.05, 0) is 0 Å². The Morgan fingerprint density at radius 2 is 1.41 bits per heavy atom. The van der Waals surface area contributed by atoms with E-state index in [0.29, 0.717) is 19.6 Å². The summed E-state index contributed by atoms with van der Waals surface area (Å²) in [4.78, 5) is 24.1. The minimum absolute atomic E-state index is 0. The Labute approximate surface area is 106 Å². The van der Waals surface area contributed by atoms with Crippen molar-refractivity contribution in [1.29, 1.82) is 0 Å². The van der Waals surface area contributed by atoms with Crippen molar-refractivity contribution < 1.29 is 27.1 Å². The molecule has 0 saturated heterocycles. The summed E-state index contributed by atoms with van der Waals surface area (Å²) in [6.07, 6.45) is 0. The van der Waals surface area contributed by atoms with Crippen molar-refractivity contribution in [2.45, 2.75) is 0 Å². The normalized spacial score (nSPS) is 6.00. The van der Waals surface area contributed by atoms with E-state index in [0.717, 1.165) is 10.7 Å². The fraction of sp³-hybridized carbons (Fsp3) is 1.00. The zero-order chi connectivity index (χ0) is 13.7. The van der Waals surface area contributed by atoms with Gasteiger partial charge in [0.2, 0.25) is 0 Å². The molecule has 104 valence electrons. The molecule has 0 aliphatic carbocycles. The molecule has 0 aromatic rings. The molecular weight excluding hydrogens is 289 g/mol. The molecule has 0 spiro atoms. The molecule has 0 aromatic carbocycles. The Morgan fingerprint density at radius 3 is 1.59 bits per heavy atom. The van der Waals surface area contributed by atoms with Gasteiger partial charge in [-0.3, -0.25) is 0 Å². The van der Waals surface area contributed by atoms with E-state index in [1.165, 1.54) is 5.34 Å². The van der Waals surface area contributed by atoms with Gasteiger partial charge in [0.1, 0.15) is 0 Å². The van der Waals surface area contributed by atoms with Crippen molar-refractivity contribution >= 4 is 0 Å². The third kappa shape index (κ3) is 345. The molecule has 0 saturated carbocycles. The molecule has 12 nitrogen and oxygen atoms in total. The molecule has 0 aliphatic rings. The maximum absolute atomic E-state index is 8.14. The van der Waals surface area contributed by atoms with Gasteiger partial charge >= 0.3 is 16.8 Å². The van der Waals surface area contributed by atoms with Crippen LogP contribution in [0.1, 0.15) is 0 Å². The quantitative estimate of drug-likeness (QED) is 0.436. The van der Waals surface area contributed by atoms with Crippen LogP contribution in [-0.4, -0.2) is 36.6 Å². The molecule has 3 N–H and O–H groups in total. The third-order valence-corrected chi connectivity index (χ3v) is 0.528. The van der Waals surface area contributed by atoms with Crippen LogP contribution >= 0.6 is 0 Å². The fourth-order valence-electron chi connectivity index (χ4n) is 0.262. The molecular formula is C4H11CoN5O7-. The molecule has 0 heterocycles. The van der Waals surface area contributed by atoms with E-state index < -0.39 is 0 Å². The molecule has 0 fully saturated rings. The maximum Gasteiger partial charge on any atom is 3.00 e. The van der Waals surface area contributed by atoms with E-state index in [4.69, 9.17) is 41.2 Å². The summed E-state index contributed by atoms with van der Waals surface area (Å²) in [5.41, 5.74) is 6.61. The minimum Gasteiger partial charge on any atom is -0.679 e. The van der Waals surface area contributed by atoms with E-state index >= 15 is 0 Å². The summed E-state index contributed by atoms with van der Waals surface area (Å²) in [5.74, 6) is 0. The maximum atomic E-state index is 8.14. The van der Waals surface area contributed by atoms with Crippen molar-refractivity contribution in [2.75, 3.05) is 26.2 Å². The van der Waals surface area contributed by atoms with Crippen molar-refractivity contribution in [2.24, 2.45) is 16.0 Å². The van der Waals surface area contributed by atoms with Crippen molar-refractivity contribution in [3.05, 3.63) is 36.2 Å². The average Bonchev–Trinajstić information content (AvgIpc) is 2.22. The third-order valence-electron chi connectivity index (χ3n) is 0.528. The summed E-state index contributed by atoms with van der Waals surface area (Å²) in [6, 6.07) is 0. The summed E-state index contributed by atoms with van der Waals surface area (Å²) in [6.45, 7) is 1.49. The first-order valence-electron chi connectivity index (χ1n) is 3.42. The van der Waals surface area contributed by atoms with Crippen LogP contribution in [0, 0.1) is 25.1 Å². The van der Waals surface area contributed by atoms with Gasteiger partial charge in [-0.1, -0.05) is 0 Å². The molecule has 0 bridgehead atoms. The predicted octanol–water partition coefficient (Wildman–Crippen LogP) is 1.05. The van der Waals surface area contributed by atoms with Crippen molar-refractivity contribution in [3.8, 4) is 0 Å². The molecule has 13 heteroatoms. The van der Waals surface area contributed by atoms with Gasteiger partial charge in [0.05, 0.1) is 0 Å². The zero-order valence-electron chi connectivity index (χ0n) is 8.39. The molecule has 0 aromatic heterocycles. The first-order chi connectivity index (χ1) is 7.66. The number of hydrogen-bond donors (Lipinski definition) is 2. The van der Waals surface area contributed by atoms with Crippen LogP contribution in [0.4, 0.5) is 0 Å². The molecule has 0 amide bonds. The second kappa shape index (κ2) is 62.1. The second-order valence-corrected chi connectivity index (χ2v) is 1.38. The molecule has 17 heavy (non-hydrogen) atoms. The Kier molecular flexibility index (Phi) is 108. The number of nitrogens with one attached hydrogen (secondary N) is 1.